The Labute approximate surface area is 687 Å². The van der Waals surface area contributed by atoms with E-state index in [2.05, 4.69) is 412 Å². The highest BCUT2D eigenvalue weighted by molar-refractivity contribution is 5.86. The summed E-state index contributed by atoms with van der Waals surface area (Å²) in [5, 5.41) is 0. The lowest BCUT2D eigenvalue weighted by Gasteiger charge is -2.23. The monoisotopic (exact) mass is 1620 g/mol. The average Bonchev–Trinajstić information content (AvgIpc) is 1.02. The Morgan fingerprint density at radius 3 is 0.240 bits per heavy atom. The SMILES string of the molecule is C[N+](C)(C)Cc1ccccc1.C[N+](C)(C)Cc1ccccc1.C[N+](C)(C)Cc1ccccc1.C[N+](C)(C)Cc1ccccc1.C[N+](C)(C)Cc1ccccc1.C[N+](C)(C)Cc1ccccc1.C[N+](C)(C)Cc1ccccc1.C[N+](C)(C)Cc1ccccc1.Cl.Cl.Cl.Cl.[Cl-].[Cl-].[Cl-].[Cl-].[Cl-].[Cl-].[Cl-].[Cl-]. The van der Waals surface area contributed by atoms with Crippen molar-refractivity contribution in [3.05, 3.63) is 287 Å². The minimum atomic E-state index is 0. The summed E-state index contributed by atoms with van der Waals surface area (Å²) < 4.78 is 7.92. The van der Waals surface area contributed by atoms with E-state index in [0.29, 0.717) is 0 Å². The van der Waals surface area contributed by atoms with Crippen LogP contribution in [-0.2, 0) is 52.4 Å². The molecule has 0 aliphatic heterocycles. The second-order valence-corrected chi connectivity index (χ2v) is 31.5. The molecule has 0 aliphatic carbocycles. The molecule has 576 valence electrons. The molecular formula is C80H132Cl12N8. The van der Waals surface area contributed by atoms with E-state index in [1.165, 1.54) is 44.5 Å². The van der Waals surface area contributed by atoms with E-state index in [0.717, 1.165) is 88.2 Å². The van der Waals surface area contributed by atoms with Gasteiger partial charge in [0.2, 0.25) is 0 Å². The molecule has 0 atom stereocenters. The van der Waals surface area contributed by atoms with Crippen LogP contribution in [0, 0.1) is 0 Å². The van der Waals surface area contributed by atoms with Crippen LogP contribution < -0.4 is 99.3 Å². The van der Waals surface area contributed by atoms with Crippen molar-refractivity contribution in [1.29, 1.82) is 0 Å². The first-order valence-corrected chi connectivity index (χ1v) is 31.4. The molecule has 0 aromatic heterocycles. The van der Waals surface area contributed by atoms with Gasteiger partial charge < -0.3 is 135 Å². The Kier molecular flexibility index (Phi) is 78.2. The zero-order chi connectivity index (χ0) is 66.6. The fraction of sp³-hybridized carbons (Fsp3) is 0.400. The molecule has 0 heterocycles. The maximum absolute atomic E-state index is 2.20. The van der Waals surface area contributed by atoms with Crippen LogP contribution in [0.1, 0.15) is 44.5 Å². The summed E-state index contributed by atoms with van der Waals surface area (Å²) >= 11 is 0. The standard InChI is InChI=1S/8C10H16N.12ClH/c8*1-11(2,3)9-10-7-5-4-6-8-10;;;;;;;;;;;;/h8*4-8H,9H2,1-3H3;12*1H/q8*+1;;;;;;;;;;;;/p-8. The van der Waals surface area contributed by atoms with E-state index in [-0.39, 0.29) is 149 Å². The van der Waals surface area contributed by atoms with Gasteiger partial charge in [0.1, 0.15) is 52.4 Å². The van der Waals surface area contributed by atoms with Crippen molar-refractivity contribution >= 4 is 49.6 Å². The van der Waals surface area contributed by atoms with Gasteiger partial charge in [-0.1, -0.05) is 243 Å². The van der Waals surface area contributed by atoms with Crippen LogP contribution >= 0.6 is 49.6 Å². The number of halogens is 12. The van der Waals surface area contributed by atoms with E-state index in [1.807, 2.05) is 0 Å². The molecule has 8 nitrogen and oxygen atoms in total. The molecule has 0 saturated heterocycles. The highest BCUT2D eigenvalue weighted by Gasteiger charge is 2.12. The summed E-state index contributed by atoms with van der Waals surface area (Å²) in [5.41, 5.74) is 11.2. The van der Waals surface area contributed by atoms with Crippen molar-refractivity contribution in [2.24, 2.45) is 0 Å². The van der Waals surface area contributed by atoms with Crippen LogP contribution in [0.25, 0.3) is 0 Å². The van der Waals surface area contributed by atoms with Crippen molar-refractivity contribution < 1.29 is 135 Å². The van der Waals surface area contributed by atoms with Crippen molar-refractivity contribution in [3.63, 3.8) is 0 Å². The maximum atomic E-state index is 2.20. The van der Waals surface area contributed by atoms with Gasteiger partial charge in [-0.3, -0.25) is 0 Å². The van der Waals surface area contributed by atoms with Gasteiger partial charge in [0.25, 0.3) is 0 Å². The van der Waals surface area contributed by atoms with E-state index < -0.39 is 0 Å². The average molecular weight is 1630 g/mol. The van der Waals surface area contributed by atoms with Gasteiger partial charge in [-0.2, -0.15) is 0 Å². The molecule has 8 rings (SSSR count). The van der Waals surface area contributed by atoms with Gasteiger partial charge in [0.15, 0.2) is 0 Å². The topological polar surface area (TPSA) is 0 Å². The number of rotatable bonds is 16. The lowest BCUT2D eigenvalue weighted by molar-refractivity contribution is -0.884. The van der Waals surface area contributed by atoms with Crippen molar-refractivity contribution in [2.75, 3.05) is 169 Å². The van der Waals surface area contributed by atoms with Gasteiger partial charge in [0.05, 0.1) is 169 Å². The van der Waals surface area contributed by atoms with Gasteiger partial charge in [-0.15, -0.1) is 49.6 Å². The number of hydrogen-bond donors (Lipinski definition) is 0. The zero-order valence-electron chi connectivity index (χ0n) is 65.0. The molecule has 0 spiro atoms. The molecule has 20 heteroatoms. The first-order valence-electron chi connectivity index (χ1n) is 31.4. The predicted molar refractivity (Wildman–Crippen MR) is 414 cm³/mol. The fourth-order valence-electron chi connectivity index (χ4n) is 9.05. The Balaban J connectivity index is -0.0000000870. The lowest BCUT2D eigenvalue weighted by Crippen LogP contribution is -3.00. The highest BCUT2D eigenvalue weighted by atomic mass is 35.5. The summed E-state index contributed by atoms with van der Waals surface area (Å²) in [4.78, 5) is 0. The third-order valence-electron chi connectivity index (χ3n) is 12.0. The van der Waals surface area contributed by atoms with E-state index in [1.54, 1.807) is 0 Å². The molecule has 0 unspecified atom stereocenters. The molecule has 0 saturated carbocycles. The molecule has 8 aromatic carbocycles. The first-order chi connectivity index (χ1) is 40.6. The van der Waals surface area contributed by atoms with Crippen molar-refractivity contribution in [3.8, 4) is 0 Å². The summed E-state index contributed by atoms with van der Waals surface area (Å²) in [5.74, 6) is 0. The van der Waals surface area contributed by atoms with E-state index >= 15 is 0 Å². The Bertz CT molecular complexity index is 2340. The van der Waals surface area contributed by atoms with Crippen LogP contribution in [0.3, 0.4) is 0 Å². The molecular weight excluding hydrogens is 1500 g/mol. The summed E-state index contributed by atoms with van der Waals surface area (Å²) in [7, 11) is 52.8. The number of quaternary nitrogens is 8. The molecule has 0 amide bonds. The van der Waals surface area contributed by atoms with Gasteiger partial charge in [-0.25, -0.2) is 0 Å². The third-order valence-corrected chi connectivity index (χ3v) is 12.0. The summed E-state index contributed by atoms with van der Waals surface area (Å²) in [6.45, 7) is 8.78. The van der Waals surface area contributed by atoms with Crippen LogP contribution in [0.5, 0.6) is 0 Å². The van der Waals surface area contributed by atoms with Gasteiger partial charge in [-0.05, 0) is 0 Å². The quantitative estimate of drug-likeness (QED) is 0.0847. The van der Waals surface area contributed by atoms with Crippen LogP contribution in [-0.4, -0.2) is 205 Å². The minimum absolute atomic E-state index is 0. The molecule has 0 radical (unpaired) electrons. The van der Waals surface area contributed by atoms with E-state index in [4.69, 9.17) is 0 Å². The molecule has 8 aromatic rings. The van der Waals surface area contributed by atoms with Crippen LogP contribution in [0.2, 0.25) is 0 Å². The van der Waals surface area contributed by atoms with Crippen molar-refractivity contribution in [1.82, 2.24) is 0 Å². The second-order valence-electron chi connectivity index (χ2n) is 31.5. The summed E-state index contributed by atoms with van der Waals surface area (Å²) in [6, 6.07) is 84.6. The van der Waals surface area contributed by atoms with Crippen LogP contribution in [0.15, 0.2) is 243 Å². The largest absolute Gasteiger partial charge is 1.00 e. The van der Waals surface area contributed by atoms with Crippen molar-refractivity contribution in [2.45, 2.75) is 52.4 Å². The van der Waals surface area contributed by atoms with Gasteiger partial charge in [0, 0.05) is 44.5 Å². The Hall–Kier alpha value is -3.08. The molecule has 0 fully saturated rings. The predicted octanol–water partition coefficient (Wildman–Crippen LogP) is -7.14. The smallest absolute Gasteiger partial charge is 0.104 e. The summed E-state index contributed by atoms with van der Waals surface area (Å²) in [6.07, 6.45) is 0. The first kappa shape index (κ1) is 124. The number of benzene rings is 8. The number of nitrogens with zero attached hydrogens (tertiary/aromatic N) is 8. The maximum Gasteiger partial charge on any atom is 0.104 e. The third kappa shape index (κ3) is 82.2. The minimum Gasteiger partial charge on any atom is -1.00 e. The molecule has 0 aliphatic rings. The normalized spacial score (nSPS) is 10.2. The highest BCUT2D eigenvalue weighted by Crippen LogP contribution is 2.11. The lowest BCUT2D eigenvalue weighted by atomic mass is 10.2. The van der Waals surface area contributed by atoms with E-state index in [9.17, 15) is 0 Å². The molecule has 0 bridgehead atoms. The number of hydrogen-bond acceptors (Lipinski definition) is 0. The molecule has 100 heavy (non-hydrogen) atoms. The Morgan fingerprint density at radius 1 is 0.130 bits per heavy atom. The Morgan fingerprint density at radius 2 is 0.190 bits per heavy atom. The van der Waals surface area contributed by atoms with Gasteiger partial charge >= 0.3 is 0 Å². The van der Waals surface area contributed by atoms with Crippen LogP contribution in [0.4, 0.5) is 0 Å². The second kappa shape index (κ2) is 63.2. The zero-order valence-corrected chi connectivity index (χ0v) is 74.3. The molecule has 0 N–H and O–H groups in total. The fourth-order valence-corrected chi connectivity index (χ4v) is 9.05.